The van der Waals surface area contributed by atoms with Crippen LogP contribution in [0.5, 0.6) is 0 Å². The zero-order valence-corrected chi connectivity index (χ0v) is 11.9. The lowest BCUT2D eigenvalue weighted by atomic mass is 9.99. The molecule has 2 heterocycles. The van der Waals surface area contributed by atoms with Crippen LogP contribution in [0.2, 0.25) is 0 Å². The van der Waals surface area contributed by atoms with E-state index in [2.05, 4.69) is 31.1 Å². The second-order valence-electron chi connectivity index (χ2n) is 4.99. The third-order valence-electron chi connectivity index (χ3n) is 3.94. The van der Waals surface area contributed by atoms with Gasteiger partial charge in [-0.05, 0) is 19.3 Å². The van der Waals surface area contributed by atoms with Gasteiger partial charge < -0.3 is 10.1 Å². The van der Waals surface area contributed by atoms with E-state index in [1.54, 1.807) is 0 Å². The van der Waals surface area contributed by atoms with Crippen LogP contribution in [0.15, 0.2) is 4.99 Å². The molecule has 1 N–H and O–H groups in total. The van der Waals surface area contributed by atoms with Crippen LogP contribution in [0.1, 0.15) is 40.0 Å². The Labute approximate surface area is 109 Å². The fourth-order valence-electron chi connectivity index (χ4n) is 2.61. The first kappa shape index (κ1) is 13.2. The number of nitrogens with one attached hydrogen (secondary N) is 1. The van der Waals surface area contributed by atoms with E-state index in [9.17, 15) is 0 Å². The lowest BCUT2D eigenvalue weighted by molar-refractivity contribution is 0.116. The van der Waals surface area contributed by atoms with E-state index < -0.39 is 0 Å². The zero-order chi connectivity index (χ0) is 12.3. The first-order valence-electron chi connectivity index (χ1n) is 6.83. The van der Waals surface area contributed by atoms with Crippen LogP contribution in [-0.2, 0) is 4.74 Å². The van der Waals surface area contributed by atoms with Gasteiger partial charge in [-0.25, -0.2) is 0 Å². The molecule has 2 rings (SSSR count). The van der Waals surface area contributed by atoms with E-state index in [0.29, 0.717) is 17.4 Å². The highest BCUT2D eigenvalue weighted by Gasteiger charge is 2.30. The molecule has 0 saturated carbocycles. The molecule has 4 heteroatoms. The Morgan fingerprint density at radius 1 is 1.47 bits per heavy atom. The highest BCUT2D eigenvalue weighted by atomic mass is 32.2. The molecule has 0 bridgehead atoms. The van der Waals surface area contributed by atoms with Gasteiger partial charge in [-0.2, -0.15) is 0 Å². The average Bonchev–Trinajstić information content (AvgIpc) is 2.92. The lowest BCUT2D eigenvalue weighted by Crippen LogP contribution is -2.37. The van der Waals surface area contributed by atoms with Gasteiger partial charge in [0, 0.05) is 11.9 Å². The van der Waals surface area contributed by atoms with Gasteiger partial charge in [0.15, 0.2) is 5.17 Å². The van der Waals surface area contributed by atoms with E-state index >= 15 is 0 Å². The summed E-state index contributed by atoms with van der Waals surface area (Å²) in [6, 6.07) is 0.460. The predicted octanol–water partition coefficient (Wildman–Crippen LogP) is 2.66. The third kappa shape index (κ3) is 3.16. The summed E-state index contributed by atoms with van der Waals surface area (Å²) < 4.78 is 5.57. The summed E-state index contributed by atoms with van der Waals surface area (Å²) in [5.41, 5.74) is 0. The van der Waals surface area contributed by atoms with Crippen molar-refractivity contribution in [2.45, 2.75) is 57.4 Å². The van der Waals surface area contributed by atoms with Gasteiger partial charge in [-0.1, -0.05) is 38.5 Å². The van der Waals surface area contributed by atoms with E-state index in [-0.39, 0.29) is 0 Å². The maximum absolute atomic E-state index is 5.57. The molecular weight excluding hydrogens is 232 g/mol. The molecule has 0 aromatic heterocycles. The molecule has 3 unspecified atom stereocenters. The van der Waals surface area contributed by atoms with Crippen molar-refractivity contribution in [2.75, 3.05) is 13.2 Å². The molecule has 2 aliphatic rings. The van der Waals surface area contributed by atoms with Crippen molar-refractivity contribution < 1.29 is 4.74 Å². The normalized spacial score (nSPS) is 33.2. The van der Waals surface area contributed by atoms with Crippen LogP contribution in [0.4, 0.5) is 0 Å². The standard InChI is InChI=1S/C13H24N2OS/c1-4-10(5-2)12-8-14-13(17-12)15-11-6-7-16-9(11)3/h9-12H,4-8H2,1-3H3,(H,14,15). The highest BCUT2D eigenvalue weighted by Crippen LogP contribution is 2.30. The summed E-state index contributed by atoms with van der Waals surface area (Å²) in [7, 11) is 0. The third-order valence-corrected chi connectivity index (χ3v) is 5.24. The van der Waals surface area contributed by atoms with Gasteiger partial charge in [0.1, 0.15) is 0 Å². The molecule has 0 aliphatic carbocycles. The number of hydrogen-bond acceptors (Lipinski definition) is 4. The summed E-state index contributed by atoms with van der Waals surface area (Å²) >= 11 is 1.94. The second kappa shape index (κ2) is 6.10. The maximum atomic E-state index is 5.57. The minimum atomic E-state index is 0.325. The van der Waals surface area contributed by atoms with E-state index in [0.717, 1.165) is 30.7 Å². The monoisotopic (exact) mass is 256 g/mol. The quantitative estimate of drug-likeness (QED) is 0.839. The molecule has 2 aliphatic heterocycles. The van der Waals surface area contributed by atoms with Crippen molar-refractivity contribution in [3.63, 3.8) is 0 Å². The largest absolute Gasteiger partial charge is 0.376 e. The minimum absolute atomic E-state index is 0.325. The van der Waals surface area contributed by atoms with Crippen LogP contribution in [-0.4, -0.2) is 35.7 Å². The van der Waals surface area contributed by atoms with Crippen molar-refractivity contribution in [3.8, 4) is 0 Å². The smallest absolute Gasteiger partial charge is 0.157 e. The van der Waals surface area contributed by atoms with Crippen molar-refractivity contribution >= 4 is 16.9 Å². The maximum Gasteiger partial charge on any atom is 0.157 e. The van der Waals surface area contributed by atoms with Gasteiger partial charge in [-0.15, -0.1) is 0 Å². The van der Waals surface area contributed by atoms with Crippen LogP contribution in [0, 0.1) is 5.92 Å². The van der Waals surface area contributed by atoms with Crippen molar-refractivity contribution in [3.05, 3.63) is 0 Å². The van der Waals surface area contributed by atoms with E-state index in [1.807, 2.05) is 11.8 Å². The highest BCUT2D eigenvalue weighted by molar-refractivity contribution is 8.14. The van der Waals surface area contributed by atoms with Crippen LogP contribution < -0.4 is 5.32 Å². The fourth-order valence-corrected chi connectivity index (χ4v) is 3.99. The van der Waals surface area contributed by atoms with Gasteiger partial charge >= 0.3 is 0 Å². The van der Waals surface area contributed by atoms with Crippen molar-refractivity contribution in [1.82, 2.24) is 5.32 Å². The molecule has 0 amide bonds. The fraction of sp³-hybridized carbons (Fsp3) is 0.923. The number of thioether (sulfide) groups is 1. The lowest BCUT2D eigenvalue weighted by Gasteiger charge is -2.20. The summed E-state index contributed by atoms with van der Waals surface area (Å²) in [4.78, 5) is 4.64. The second-order valence-corrected chi connectivity index (χ2v) is 6.22. The Morgan fingerprint density at radius 3 is 2.82 bits per heavy atom. The zero-order valence-electron chi connectivity index (χ0n) is 11.1. The van der Waals surface area contributed by atoms with Crippen LogP contribution >= 0.6 is 11.8 Å². The van der Waals surface area contributed by atoms with Gasteiger partial charge in [0.05, 0.1) is 18.7 Å². The molecule has 17 heavy (non-hydrogen) atoms. The number of nitrogens with zero attached hydrogens (tertiary/aromatic N) is 1. The Kier molecular flexibility index (Phi) is 4.74. The number of amidine groups is 1. The molecule has 3 atom stereocenters. The predicted molar refractivity (Wildman–Crippen MR) is 74.7 cm³/mol. The number of hydrogen-bond donors (Lipinski definition) is 1. The van der Waals surface area contributed by atoms with Gasteiger partial charge in [-0.3, -0.25) is 4.99 Å². The first-order valence-corrected chi connectivity index (χ1v) is 7.71. The first-order chi connectivity index (χ1) is 8.24. The summed E-state index contributed by atoms with van der Waals surface area (Å²) in [6.45, 7) is 8.58. The minimum Gasteiger partial charge on any atom is -0.376 e. The Morgan fingerprint density at radius 2 is 2.24 bits per heavy atom. The molecular formula is C13H24N2OS. The number of aliphatic imine (C=N–C) groups is 1. The molecule has 0 aromatic carbocycles. The molecule has 0 aromatic rings. The number of rotatable bonds is 4. The van der Waals surface area contributed by atoms with Crippen molar-refractivity contribution in [2.24, 2.45) is 10.9 Å². The molecule has 0 radical (unpaired) electrons. The Balaban J connectivity index is 1.81. The number of ether oxygens (including phenoxy) is 1. The van der Waals surface area contributed by atoms with E-state index in [1.165, 1.54) is 12.8 Å². The molecule has 1 fully saturated rings. The van der Waals surface area contributed by atoms with E-state index in [4.69, 9.17) is 4.74 Å². The Bertz CT molecular complexity index is 279. The molecule has 1 saturated heterocycles. The topological polar surface area (TPSA) is 33.6 Å². The SMILES string of the molecule is CCC(CC)C1CN=C(NC2CCOC2C)S1. The molecule has 0 spiro atoms. The van der Waals surface area contributed by atoms with Gasteiger partial charge in [0.2, 0.25) is 0 Å². The Hall–Kier alpha value is -0.220. The molecule has 98 valence electrons. The van der Waals surface area contributed by atoms with Crippen molar-refractivity contribution in [1.29, 1.82) is 0 Å². The summed E-state index contributed by atoms with van der Waals surface area (Å²) in [5, 5.41) is 5.38. The average molecular weight is 256 g/mol. The summed E-state index contributed by atoms with van der Waals surface area (Å²) in [6.07, 6.45) is 3.96. The van der Waals surface area contributed by atoms with Crippen LogP contribution in [0.3, 0.4) is 0 Å². The molecule has 3 nitrogen and oxygen atoms in total. The summed E-state index contributed by atoms with van der Waals surface area (Å²) in [5.74, 6) is 0.806. The van der Waals surface area contributed by atoms with Gasteiger partial charge in [0.25, 0.3) is 0 Å². The van der Waals surface area contributed by atoms with Crippen LogP contribution in [0.25, 0.3) is 0 Å².